The molecule has 0 atom stereocenters. The van der Waals surface area contributed by atoms with Crippen LogP contribution in [-0.4, -0.2) is 44.8 Å². The van der Waals surface area contributed by atoms with Crippen LogP contribution in [-0.2, 0) is 7.05 Å². The average molecular weight is 377 g/mol. The van der Waals surface area contributed by atoms with E-state index >= 15 is 0 Å². The van der Waals surface area contributed by atoms with E-state index in [0.29, 0.717) is 29.0 Å². The molecule has 1 saturated heterocycles. The minimum absolute atomic E-state index is 0.0187. The Balaban J connectivity index is 1.39. The molecular weight excluding hydrogens is 360 g/mol. The number of ether oxygens (including phenoxy) is 1. The molecular formula is C17H17ClN4O2S. The monoisotopic (exact) mass is 376 g/mol. The van der Waals surface area contributed by atoms with Gasteiger partial charge in [-0.2, -0.15) is 5.10 Å². The summed E-state index contributed by atoms with van der Waals surface area (Å²) in [6.07, 6.45) is 3.27. The Morgan fingerprint density at radius 3 is 2.80 bits per heavy atom. The van der Waals surface area contributed by atoms with Crippen molar-refractivity contribution in [3.05, 3.63) is 41.2 Å². The lowest BCUT2D eigenvalue weighted by molar-refractivity contribution is 0.0585. The lowest BCUT2D eigenvalue weighted by Crippen LogP contribution is -2.42. The molecule has 4 rings (SSSR count). The van der Waals surface area contributed by atoms with Gasteiger partial charge in [0.15, 0.2) is 0 Å². The van der Waals surface area contributed by atoms with Crippen molar-refractivity contribution in [2.75, 3.05) is 13.1 Å². The summed E-state index contributed by atoms with van der Waals surface area (Å²) in [5.74, 6) is 0.0187. The van der Waals surface area contributed by atoms with Crippen LogP contribution < -0.4 is 4.74 Å². The Kier molecular flexibility index (Phi) is 4.35. The number of carbonyl (C=O) groups excluding carboxylic acids is 1. The summed E-state index contributed by atoms with van der Waals surface area (Å²) >= 11 is 7.67. The SMILES string of the molecule is Cn1nccc1C(=O)N1CCC(Oc2nc3c(Cl)cccc3s2)CC1. The van der Waals surface area contributed by atoms with Gasteiger partial charge in [0.1, 0.15) is 17.3 Å². The first-order valence-electron chi connectivity index (χ1n) is 8.11. The van der Waals surface area contributed by atoms with E-state index in [9.17, 15) is 4.79 Å². The van der Waals surface area contributed by atoms with Crippen molar-refractivity contribution in [1.29, 1.82) is 0 Å². The van der Waals surface area contributed by atoms with Gasteiger partial charge in [0.2, 0.25) is 0 Å². The minimum atomic E-state index is 0.0187. The smallest absolute Gasteiger partial charge is 0.274 e. The lowest BCUT2D eigenvalue weighted by atomic mass is 10.1. The maximum Gasteiger partial charge on any atom is 0.274 e. The standard InChI is InChI=1S/C17H17ClN4O2S/c1-21-13(5-8-19-21)16(23)22-9-6-11(7-10-22)24-17-20-15-12(18)3-2-4-14(15)25-17/h2-5,8,11H,6-7,9-10H2,1H3. The maximum atomic E-state index is 12.5. The van der Waals surface area contributed by atoms with Crippen LogP contribution in [0.25, 0.3) is 10.2 Å². The first kappa shape index (κ1) is 16.4. The molecule has 0 spiro atoms. The molecule has 1 amide bonds. The number of carbonyl (C=O) groups is 1. The van der Waals surface area contributed by atoms with Crippen molar-refractivity contribution < 1.29 is 9.53 Å². The number of rotatable bonds is 3. The lowest BCUT2D eigenvalue weighted by Gasteiger charge is -2.31. The number of halogens is 1. The van der Waals surface area contributed by atoms with E-state index in [4.69, 9.17) is 16.3 Å². The molecule has 0 unspecified atom stereocenters. The molecule has 0 N–H and O–H groups in total. The fourth-order valence-corrected chi connectivity index (χ4v) is 4.19. The normalized spacial score (nSPS) is 15.7. The van der Waals surface area contributed by atoms with Crippen LogP contribution in [0, 0.1) is 0 Å². The van der Waals surface area contributed by atoms with E-state index in [1.807, 2.05) is 23.1 Å². The number of hydrogen-bond acceptors (Lipinski definition) is 5. The van der Waals surface area contributed by atoms with Gasteiger partial charge in [-0.25, -0.2) is 4.98 Å². The summed E-state index contributed by atoms with van der Waals surface area (Å²) in [5.41, 5.74) is 1.40. The molecule has 3 aromatic rings. The van der Waals surface area contributed by atoms with Crippen molar-refractivity contribution >= 4 is 39.1 Å². The fraction of sp³-hybridized carbons (Fsp3) is 0.353. The average Bonchev–Trinajstić information content (AvgIpc) is 3.21. The van der Waals surface area contributed by atoms with E-state index in [1.165, 1.54) is 11.3 Å². The second kappa shape index (κ2) is 6.65. The summed E-state index contributed by atoms with van der Waals surface area (Å²) in [6, 6.07) is 7.47. The van der Waals surface area contributed by atoms with Crippen LogP contribution in [0.1, 0.15) is 23.3 Å². The number of amides is 1. The molecule has 0 radical (unpaired) electrons. The van der Waals surface area contributed by atoms with E-state index in [-0.39, 0.29) is 12.0 Å². The number of fused-ring (bicyclic) bond motifs is 1. The fourth-order valence-electron chi connectivity index (χ4n) is 3.01. The van der Waals surface area contributed by atoms with Gasteiger partial charge in [-0.1, -0.05) is 29.0 Å². The predicted molar refractivity (Wildman–Crippen MR) is 97.4 cm³/mol. The Morgan fingerprint density at radius 2 is 2.12 bits per heavy atom. The molecule has 1 aromatic carbocycles. The molecule has 6 nitrogen and oxygen atoms in total. The molecule has 1 aliphatic heterocycles. The highest BCUT2D eigenvalue weighted by atomic mass is 35.5. The third-order valence-corrected chi connectivity index (χ3v) is 5.60. The third kappa shape index (κ3) is 3.21. The topological polar surface area (TPSA) is 60.2 Å². The third-order valence-electron chi connectivity index (χ3n) is 4.39. The molecule has 1 aliphatic rings. The quantitative estimate of drug-likeness (QED) is 0.703. The number of aryl methyl sites for hydroxylation is 1. The molecule has 130 valence electrons. The van der Waals surface area contributed by atoms with Gasteiger partial charge in [-0.05, 0) is 18.2 Å². The molecule has 3 heterocycles. The number of aromatic nitrogens is 3. The number of thiazole rings is 1. The molecule has 0 saturated carbocycles. The van der Waals surface area contributed by atoms with Gasteiger partial charge in [-0.15, -0.1) is 0 Å². The second-order valence-corrected chi connectivity index (χ2v) is 7.42. The van der Waals surface area contributed by atoms with E-state index < -0.39 is 0 Å². The van der Waals surface area contributed by atoms with E-state index in [2.05, 4.69) is 10.1 Å². The van der Waals surface area contributed by atoms with Crippen molar-refractivity contribution in [3.8, 4) is 5.19 Å². The summed E-state index contributed by atoms with van der Waals surface area (Å²) in [6.45, 7) is 1.33. The van der Waals surface area contributed by atoms with Gasteiger partial charge >= 0.3 is 0 Å². The van der Waals surface area contributed by atoms with Crippen molar-refractivity contribution in [2.45, 2.75) is 18.9 Å². The Bertz CT molecular complexity index is 914. The number of nitrogens with zero attached hydrogens (tertiary/aromatic N) is 4. The maximum absolute atomic E-state index is 12.5. The Labute approximate surface area is 154 Å². The highest BCUT2D eigenvalue weighted by Gasteiger charge is 2.26. The number of para-hydroxylation sites is 1. The first-order valence-corrected chi connectivity index (χ1v) is 9.30. The summed E-state index contributed by atoms with van der Waals surface area (Å²) in [5, 5.41) is 5.34. The number of likely N-dealkylation sites (tertiary alicyclic amines) is 1. The van der Waals surface area contributed by atoms with Crippen LogP contribution in [0.2, 0.25) is 5.02 Å². The summed E-state index contributed by atoms with van der Waals surface area (Å²) < 4.78 is 8.66. The summed E-state index contributed by atoms with van der Waals surface area (Å²) in [4.78, 5) is 18.8. The predicted octanol–water partition coefficient (Wildman–Crippen LogP) is 3.37. The van der Waals surface area contributed by atoms with Crippen LogP contribution in [0.15, 0.2) is 30.5 Å². The van der Waals surface area contributed by atoms with E-state index in [1.54, 1.807) is 24.0 Å². The van der Waals surface area contributed by atoms with Gasteiger partial charge in [0, 0.05) is 39.2 Å². The first-order chi connectivity index (χ1) is 12.1. The largest absolute Gasteiger partial charge is 0.467 e. The van der Waals surface area contributed by atoms with Crippen molar-refractivity contribution in [1.82, 2.24) is 19.7 Å². The van der Waals surface area contributed by atoms with Gasteiger partial charge < -0.3 is 9.64 Å². The highest BCUT2D eigenvalue weighted by Crippen LogP contribution is 2.33. The Morgan fingerprint density at radius 1 is 1.32 bits per heavy atom. The zero-order valence-electron chi connectivity index (χ0n) is 13.7. The number of benzene rings is 1. The zero-order valence-corrected chi connectivity index (χ0v) is 15.3. The molecule has 0 bridgehead atoms. The molecule has 8 heteroatoms. The van der Waals surface area contributed by atoms with E-state index in [0.717, 1.165) is 23.1 Å². The molecule has 0 aliphatic carbocycles. The molecule has 25 heavy (non-hydrogen) atoms. The van der Waals surface area contributed by atoms with Crippen LogP contribution in [0.4, 0.5) is 0 Å². The van der Waals surface area contributed by atoms with Crippen LogP contribution in [0.5, 0.6) is 5.19 Å². The molecule has 2 aromatic heterocycles. The highest BCUT2D eigenvalue weighted by molar-refractivity contribution is 7.20. The summed E-state index contributed by atoms with van der Waals surface area (Å²) in [7, 11) is 1.78. The van der Waals surface area contributed by atoms with Gasteiger partial charge in [-0.3, -0.25) is 9.48 Å². The molecule has 1 fully saturated rings. The minimum Gasteiger partial charge on any atom is -0.467 e. The van der Waals surface area contributed by atoms with Gasteiger partial charge in [0.05, 0.1) is 9.72 Å². The number of piperidine rings is 1. The zero-order chi connectivity index (χ0) is 17.4. The van der Waals surface area contributed by atoms with Crippen LogP contribution in [0.3, 0.4) is 0 Å². The van der Waals surface area contributed by atoms with Crippen molar-refractivity contribution in [3.63, 3.8) is 0 Å². The van der Waals surface area contributed by atoms with Crippen molar-refractivity contribution in [2.24, 2.45) is 7.05 Å². The van der Waals surface area contributed by atoms with Crippen LogP contribution >= 0.6 is 22.9 Å². The number of hydrogen-bond donors (Lipinski definition) is 0. The second-order valence-electron chi connectivity index (χ2n) is 6.02. The Hall–Kier alpha value is -2.12. The van der Waals surface area contributed by atoms with Gasteiger partial charge in [0.25, 0.3) is 11.1 Å².